The molecule has 1 heteroatoms. The van der Waals surface area contributed by atoms with Crippen molar-refractivity contribution in [2.24, 2.45) is 5.92 Å². The van der Waals surface area contributed by atoms with Crippen LogP contribution in [0.2, 0.25) is 0 Å². The van der Waals surface area contributed by atoms with Crippen LogP contribution in [0.25, 0.3) is 0 Å². The summed E-state index contributed by atoms with van der Waals surface area (Å²) in [7, 11) is 0. The van der Waals surface area contributed by atoms with Crippen LogP contribution in [-0.4, -0.2) is 0 Å². The summed E-state index contributed by atoms with van der Waals surface area (Å²) in [6, 6.07) is 0. The fraction of sp³-hybridized carbons (Fsp3) is 0.556. The van der Waals surface area contributed by atoms with Crippen LogP contribution < -0.4 is 0 Å². The molecule has 1 atom stereocenters. The first-order valence-corrected chi connectivity index (χ1v) is 7.45. The summed E-state index contributed by atoms with van der Waals surface area (Å²) >= 11 is 0. The Bertz CT molecular complexity index is 405. The van der Waals surface area contributed by atoms with E-state index in [9.17, 15) is 4.39 Å². The average molecular weight is 264 g/mol. The van der Waals surface area contributed by atoms with Gasteiger partial charge < -0.3 is 0 Å². The average Bonchev–Trinajstić information content (AvgIpc) is 2.39. The van der Waals surface area contributed by atoms with Crippen LogP contribution in [0.5, 0.6) is 0 Å². The minimum atomic E-state index is -0.0953. The van der Waals surface area contributed by atoms with Crippen LogP contribution in [0.1, 0.15) is 61.3 Å². The predicted octanol–water partition coefficient (Wildman–Crippen LogP) is 6.52. The van der Waals surface area contributed by atoms with Crippen LogP contribution in [0, 0.1) is 5.92 Å². The first-order chi connectivity index (χ1) is 8.99. The van der Waals surface area contributed by atoms with Crippen LogP contribution in [0.15, 0.2) is 46.3 Å². The molecule has 0 radical (unpaired) electrons. The largest absolute Gasteiger partial charge is 0.207 e. The molecular weight excluding hydrogens is 235 g/mol. The number of hydrogen-bond donors (Lipinski definition) is 0. The van der Waals surface area contributed by atoms with Crippen molar-refractivity contribution in [3.63, 3.8) is 0 Å². The standard InChI is InChI=1S/C16H23F.C2H6/c1-6-11(3)8-12(4)16-13(5)9-15(17)10-14(16)7-2;1-2/h8-10,13H,6-7H2,1-5H3;1-2H3/b11-8-,16-12+;. The summed E-state index contributed by atoms with van der Waals surface area (Å²) in [5.41, 5.74) is 5.07. The van der Waals surface area contributed by atoms with Crippen molar-refractivity contribution in [1.82, 2.24) is 0 Å². The molecule has 1 aliphatic rings. The Morgan fingerprint density at radius 3 is 2.32 bits per heavy atom. The summed E-state index contributed by atoms with van der Waals surface area (Å²) < 4.78 is 13.4. The van der Waals surface area contributed by atoms with E-state index in [-0.39, 0.29) is 11.7 Å². The van der Waals surface area contributed by atoms with Gasteiger partial charge in [-0.25, -0.2) is 4.39 Å². The van der Waals surface area contributed by atoms with Crippen LogP contribution in [0.4, 0.5) is 4.39 Å². The summed E-state index contributed by atoms with van der Waals surface area (Å²) in [5.74, 6) is 0.0814. The molecule has 0 spiro atoms. The molecule has 108 valence electrons. The smallest absolute Gasteiger partial charge is 0.120 e. The minimum absolute atomic E-state index is 0.0953. The second-order valence-corrected chi connectivity index (χ2v) is 4.80. The highest BCUT2D eigenvalue weighted by Crippen LogP contribution is 2.33. The Kier molecular flexibility index (Phi) is 8.38. The van der Waals surface area contributed by atoms with Gasteiger partial charge in [-0.1, -0.05) is 46.3 Å². The van der Waals surface area contributed by atoms with Crippen molar-refractivity contribution in [2.45, 2.75) is 61.3 Å². The predicted molar refractivity (Wildman–Crippen MR) is 84.8 cm³/mol. The molecule has 0 saturated heterocycles. The molecule has 1 rings (SSSR count). The highest BCUT2D eigenvalue weighted by atomic mass is 19.1. The SMILES string of the molecule is CC.CCC1=CC(F)=CC(C)/C1=C(C)\C=C(\C)CC. The second-order valence-electron chi connectivity index (χ2n) is 4.80. The van der Waals surface area contributed by atoms with E-state index in [1.807, 2.05) is 13.8 Å². The fourth-order valence-corrected chi connectivity index (χ4v) is 2.36. The van der Waals surface area contributed by atoms with Crippen molar-refractivity contribution in [3.05, 3.63) is 46.3 Å². The van der Waals surface area contributed by atoms with Gasteiger partial charge in [-0.05, 0) is 55.6 Å². The molecule has 0 heterocycles. The molecular formula is C18H29F. The van der Waals surface area contributed by atoms with E-state index in [1.54, 1.807) is 12.2 Å². The van der Waals surface area contributed by atoms with E-state index < -0.39 is 0 Å². The van der Waals surface area contributed by atoms with E-state index >= 15 is 0 Å². The lowest BCUT2D eigenvalue weighted by atomic mass is 9.84. The number of hydrogen-bond acceptors (Lipinski definition) is 0. The number of halogens is 1. The van der Waals surface area contributed by atoms with Gasteiger partial charge in [0.15, 0.2) is 0 Å². The molecule has 0 nitrogen and oxygen atoms in total. The lowest BCUT2D eigenvalue weighted by Gasteiger charge is -2.22. The summed E-state index contributed by atoms with van der Waals surface area (Å²) in [6.45, 7) is 14.6. The topological polar surface area (TPSA) is 0 Å². The third-order valence-corrected chi connectivity index (χ3v) is 3.35. The van der Waals surface area contributed by atoms with E-state index in [2.05, 4.69) is 40.7 Å². The monoisotopic (exact) mass is 264 g/mol. The second kappa shape index (κ2) is 8.90. The van der Waals surface area contributed by atoms with Crippen molar-refractivity contribution < 1.29 is 4.39 Å². The van der Waals surface area contributed by atoms with Gasteiger partial charge in [-0.3, -0.25) is 0 Å². The summed E-state index contributed by atoms with van der Waals surface area (Å²) in [5, 5.41) is 0. The molecule has 19 heavy (non-hydrogen) atoms. The zero-order valence-corrected chi connectivity index (χ0v) is 13.6. The third kappa shape index (κ3) is 5.18. The summed E-state index contributed by atoms with van der Waals surface area (Å²) in [4.78, 5) is 0. The van der Waals surface area contributed by atoms with Crippen LogP contribution >= 0.6 is 0 Å². The van der Waals surface area contributed by atoms with Gasteiger partial charge in [-0.15, -0.1) is 0 Å². The van der Waals surface area contributed by atoms with Crippen molar-refractivity contribution >= 4 is 0 Å². The van der Waals surface area contributed by atoms with Gasteiger partial charge >= 0.3 is 0 Å². The van der Waals surface area contributed by atoms with Crippen LogP contribution in [0.3, 0.4) is 0 Å². The molecule has 0 amide bonds. The summed E-state index contributed by atoms with van der Waals surface area (Å²) in [6.07, 6.45) is 7.55. The molecule has 0 saturated carbocycles. The maximum atomic E-state index is 13.4. The number of rotatable bonds is 3. The molecule has 0 fully saturated rings. The lowest BCUT2D eigenvalue weighted by molar-refractivity contribution is 0.635. The molecule has 0 aromatic carbocycles. The zero-order chi connectivity index (χ0) is 15.0. The molecule has 1 aliphatic carbocycles. The Morgan fingerprint density at radius 1 is 1.26 bits per heavy atom. The normalized spacial score (nSPS) is 22.1. The highest BCUT2D eigenvalue weighted by Gasteiger charge is 2.18. The van der Waals surface area contributed by atoms with Gasteiger partial charge in [0.05, 0.1) is 0 Å². The fourth-order valence-electron chi connectivity index (χ4n) is 2.36. The highest BCUT2D eigenvalue weighted by molar-refractivity contribution is 5.48. The van der Waals surface area contributed by atoms with Gasteiger partial charge in [0.1, 0.15) is 5.83 Å². The Labute approximate surface area is 118 Å². The van der Waals surface area contributed by atoms with E-state index in [0.717, 1.165) is 18.4 Å². The van der Waals surface area contributed by atoms with Crippen molar-refractivity contribution in [2.75, 3.05) is 0 Å². The maximum absolute atomic E-state index is 13.4. The van der Waals surface area contributed by atoms with Crippen molar-refractivity contribution in [3.8, 4) is 0 Å². The maximum Gasteiger partial charge on any atom is 0.120 e. The molecule has 0 aliphatic heterocycles. The molecule has 0 aromatic heterocycles. The molecule has 0 N–H and O–H groups in total. The first kappa shape index (κ1) is 17.9. The van der Waals surface area contributed by atoms with E-state index in [4.69, 9.17) is 0 Å². The Morgan fingerprint density at radius 2 is 1.84 bits per heavy atom. The Hall–Kier alpha value is -1.11. The van der Waals surface area contributed by atoms with Gasteiger partial charge in [0, 0.05) is 5.92 Å². The molecule has 1 unspecified atom stereocenters. The minimum Gasteiger partial charge on any atom is -0.207 e. The quantitative estimate of drug-likeness (QED) is 0.544. The van der Waals surface area contributed by atoms with E-state index in [1.165, 1.54) is 16.7 Å². The van der Waals surface area contributed by atoms with Crippen LogP contribution in [-0.2, 0) is 0 Å². The Balaban J connectivity index is 0.00000154. The van der Waals surface area contributed by atoms with E-state index in [0.29, 0.717) is 0 Å². The number of allylic oxidation sites excluding steroid dienone is 8. The van der Waals surface area contributed by atoms with Gasteiger partial charge in [0.2, 0.25) is 0 Å². The molecule has 0 aromatic rings. The lowest BCUT2D eigenvalue weighted by Crippen LogP contribution is -2.06. The third-order valence-electron chi connectivity index (χ3n) is 3.35. The zero-order valence-electron chi connectivity index (χ0n) is 13.6. The van der Waals surface area contributed by atoms with Gasteiger partial charge in [0.25, 0.3) is 0 Å². The van der Waals surface area contributed by atoms with Crippen molar-refractivity contribution in [1.29, 1.82) is 0 Å². The first-order valence-electron chi connectivity index (χ1n) is 7.45. The van der Waals surface area contributed by atoms with Gasteiger partial charge in [-0.2, -0.15) is 0 Å². The molecule has 0 bridgehead atoms.